The largest absolute Gasteiger partial charge is 0.317 e. The van der Waals surface area contributed by atoms with Crippen LogP contribution in [0.4, 0.5) is 0 Å². The molecule has 0 aromatic rings. The van der Waals surface area contributed by atoms with Crippen molar-refractivity contribution in [2.75, 3.05) is 6.54 Å². The summed E-state index contributed by atoms with van der Waals surface area (Å²) in [4.78, 5) is 0. The topological polar surface area (TPSA) is 32.3 Å². The molecule has 0 unspecified atom stereocenters. The molecule has 0 heterocycles. The van der Waals surface area contributed by atoms with Gasteiger partial charge in [0.25, 0.3) is 0 Å². The Morgan fingerprint density at radius 1 is 1.20 bits per heavy atom. The van der Waals surface area contributed by atoms with Gasteiger partial charge >= 0.3 is 0 Å². The van der Waals surface area contributed by atoms with Crippen molar-refractivity contribution in [3.8, 4) is 0 Å². The highest BCUT2D eigenvalue weighted by molar-refractivity contribution is 4.60. The van der Waals surface area contributed by atoms with E-state index in [1.54, 1.807) is 0 Å². The first-order valence-corrected chi connectivity index (χ1v) is 3.93. The molecule has 2 nitrogen and oxygen atoms in total. The van der Waals surface area contributed by atoms with Crippen molar-refractivity contribution in [3.63, 3.8) is 0 Å². The van der Waals surface area contributed by atoms with E-state index in [0.717, 1.165) is 13.0 Å². The Balaban J connectivity index is 3.04. The lowest BCUT2D eigenvalue weighted by molar-refractivity contribution is 0.163. The third kappa shape index (κ3) is 7.92. The van der Waals surface area contributed by atoms with Crippen molar-refractivity contribution in [1.82, 2.24) is 5.48 Å². The summed E-state index contributed by atoms with van der Waals surface area (Å²) in [6, 6.07) is 0. The van der Waals surface area contributed by atoms with E-state index in [1.165, 1.54) is 12.8 Å². The van der Waals surface area contributed by atoms with Gasteiger partial charge in [-0.25, -0.2) is 5.48 Å². The Morgan fingerprint density at radius 3 is 2.20 bits per heavy atom. The number of hydrogen-bond acceptors (Lipinski definition) is 2. The van der Waals surface area contributed by atoms with Gasteiger partial charge in [-0.2, -0.15) is 0 Å². The van der Waals surface area contributed by atoms with Crippen LogP contribution in [0.15, 0.2) is 0 Å². The molecule has 0 rings (SSSR count). The van der Waals surface area contributed by atoms with Crippen LogP contribution in [-0.4, -0.2) is 11.8 Å². The maximum absolute atomic E-state index is 8.25. The van der Waals surface area contributed by atoms with Crippen molar-refractivity contribution in [3.05, 3.63) is 0 Å². The monoisotopic (exact) mass is 145 g/mol. The van der Waals surface area contributed by atoms with Crippen LogP contribution < -0.4 is 5.48 Å². The highest BCUT2D eigenvalue weighted by atomic mass is 16.5. The number of hydrogen-bond donors (Lipinski definition) is 2. The van der Waals surface area contributed by atoms with Crippen molar-refractivity contribution in [2.24, 2.45) is 5.41 Å². The lowest BCUT2D eigenvalue weighted by Gasteiger charge is -2.17. The summed E-state index contributed by atoms with van der Waals surface area (Å²) in [5.41, 5.74) is 2.59. The van der Waals surface area contributed by atoms with Crippen LogP contribution in [0.3, 0.4) is 0 Å². The van der Waals surface area contributed by atoms with E-state index in [-0.39, 0.29) is 0 Å². The summed E-state index contributed by atoms with van der Waals surface area (Å²) in [6.07, 6.45) is 3.49. The van der Waals surface area contributed by atoms with Crippen LogP contribution in [0, 0.1) is 5.41 Å². The maximum Gasteiger partial charge on any atom is 0.0207 e. The molecule has 0 aliphatic rings. The molecule has 0 radical (unpaired) electrons. The molecule has 0 saturated heterocycles. The number of rotatable bonds is 4. The van der Waals surface area contributed by atoms with Gasteiger partial charge in [0.2, 0.25) is 0 Å². The third-order valence-electron chi connectivity index (χ3n) is 1.47. The Morgan fingerprint density at radius 2 is 1.80 bits per heavy atom. The molecule has 0 amide bonds. The Bertz CT molecular complexity index is 75.8. The van der Waals surface area contributed by atoms with E-state index in [4.69, 9.17) is 5.21 Å². The fourth-order valence-electron chi connectivity index (χ4n) is 0.859. The maximum atomic E-state index is 8.25. The molecule has 0 spiro atoms. The normalized spacial score (nSPS) is 12.0. The van der Waals surface area contributed by atoms with Crippen LogP contribution in [0.1, 0.15) is 40.0 Å². The summed E-state index contributed by atoms with van der Waals surface area (Å²) in [6.45, 7) is 7.42. The second kappa shape index (κ2) is 4.69. The molecular formula is C8H19NO. The van der Waals surface area contributed by atoms with Gasteiger partial charge < -0.3 is 5.21 Å². The molecule has 10 heavy (non-hydrogen) atoms. The minimum Gasteiger partial charge on any atom is -0.317 e. The SMILES string of the molecule is CC(C)(C)CCCCNO. The van der Waals surface area contributed by atoms with E-state index in [0.29, 0.717) is 5.41 Å². The van der Waals surface area contributed by atoms with Crippen LogP contribution >= 0.6 is 0 Å². The number of hydroxylamine groups is 1. The first-order chi connectivity index (χ1) is 4.56. The van der Waals surface area contributed by atoms with E-state index in [1.807, 2.05) is 0 Å². The molecular weight excluding hydrogens is 126 g/mol. The first-order valence-electron chi connectivity index (χ1n) is 3.93. The van der Waals surface area contributed by atoms with Crippen molar-refractivity contribution >= 4 is 0 Å². The molecule has 0 bridgehead atoms. The zero-order valence-electron chi connectivity index (χ0n) is 7.28. The molecule has 2 heteroatoms. The van der Waals surface area contributed by atoms with Gasteiger partial charge in [0.15, 0.2) is 0 Å². The summed E-state index contributed by atoms with van der Waals surface area (Å²) in [5, 5.41) is 8.25. The molecule has 0 aliphatic carbocycles. The predicted octanol–water partition coefficient (Wildman–Crippen LogP) is 2.18. The molecule has 0 atom stereocenters. The van der Waals surface area contributed by atoms with Gasteiger partial charge in [-0.05, 0) is 18.3 Å². The minimum atomic E-state index is 0.440. The van der Waals surface area contributed by atoms with E-state index < -0.39 is 0 Å². The Hall–Kier alpha value is -0.0800. The quantitative estimate of drug-likeness (QED) is 0.469. The van der Waals surface area contributed by atoms with Gasteiger partial charge in [-0.15, -0.1) is 0 Å². The molecule has 62 valence electrons. The molecule has 0 aliphatic heterocycles. The number of nitrogens with one attached hydrogen (secondary N) is 1. The fourth-order valence-corrected chi connectivity index (χ4v) is 0.859. The average molecular weight is 145 g/mol. The van der Waals surface area contributed by atoms with Crippen LogP contribution in [-0.2, 0) is 0 Å². The summed E-state index contributed by atoms with van der Waals surface area (Å²) in [5.74, 6) is 0. The standard InChI is InChI=1S/C8H19NO/c1-8(2,3)6-4-5-7-9-10/h9-10H,4-7H2,1-3H3. The van der Waals surface area contributed by atoms with E-state index in [9.17, 15) is 0 Å². The third-order valence-corrected chi connectivity index (χ3v) is 1.47. The van der Waals surface area contributed by atoms with Crippen molar-refractivity contribution in [1.29, 1.82) is 0 Å². The molecule has 0 saturated carbocycles. The van der Waals surface area contributed by atoms with Crippen LogP contribution in [0.25, 0.3) is 0 Å². The van der Waals surface area contributed by atoms with Gasteiger partial charge in [0.05, 0.1) is 0 Å². The van der Waals surface area contributed by atoms with Crippen LogP contribution in [0.5, 0.6) is 0 Å². The van der Waals surface area contributed by atoms with Gasteiger partial charge in [0, 0.05) is 6.54 Å². The second-order valence-corrected chi connectivity index (χ2v) is 3.93. The number of unbranched alkanes of at least 4 members (excludes halogenated alkanes) is 1. The predicted molar refractivity (Wildman–Crippen MR) is 43.1 cm³/mol. The Labute approximate surface area is 63.6 Å². The van der Waals surface area contributed by atoms with Gasteiger partial charge in [-0.1, -0.05) is 27.2 Å². The zero-order valence-corrected chi connectivity index (χ0v) is 7.28. The zero-order chi connectivity index (χ0) is 8.04. The molecule has 0 fully saturated rings. The van der Waals surface area contributed by atoms with Crippen molar-refractivity contribution in [2.45, 2.75) is 40.0 Å². The van der Waals surface area contributed by atoms with E-state index >= 15 is 0 Å². The highest BCUT2D eigenvalue weighted by Crippen LogP contribution is 2.20. The highest BCUT2D eigenvalue weighted by Gasteiger charge is 2.08. The first kappa shape index (κ1) is 9.92. The second-order valence-electron chi connectivity index (χ2n) is 3.93. The van der Waals surface area contributed by atoms with E-state index in [2.05, 4.69) is 26.3 Å². The van der Waals surface area contributed by atoms with Crippen molar-refractivity contribution < 1.29 is 5.21 Å². The summed E-state index contributed by atoms with van der Waals surface area (Å²) >= 11 is 0. The smallest absolute Gasteiger partial charge is 0.0207 e. The lowest BCUT2D eigenvalue weighted by Crippen LogP contribution is -2.10. The van der Waals surface area contributed by atoms with Gasteiger partial charge in [-0.3, -0.25) is 0 Å². The molecule has 2 N–H and O–H groups in total. The Kier molecular flexibility index (Phi) is 4.65. The lowest BCUT2D eigenvalue weighted by atomic mass is 9.90. The average Bonchev–Trinajstić information content (AvgIpc) is 1.78. The fraction of sp³-hybridized carbons (Fsp3) is 1.00. The molecule has 0 aromatic carbocycles. The molecule has 0 aromatic heterocycles. The van der Waals surface area contributed by atoms with Crippen LogP contribution in [0.2, 0.25) is 0 Å². The summed E-state index contributed by atoms with van der Waals surface area (Å²) < 4.78 is 0. The van der Waals surface area contributed by atoms with Gasteiger partial charge in [0.1, 0.15) is 0 Å². The minimum absolute atomic E-state index is 0.440. The summed E-state index contributed by atoms with van der Waals surface area (Å²) in [7, 11) is 0.